The lowest BCUT2D eigenvalue weighted by molar-refractivity contribution is -0.141. The second-order valence-electron chi connectivity index (χ2n) is 4.94. The smallest absolute Gasteiger partial charge is 0.408 e. The molecular weight excluding hydrogens is 240 g/mol. The monoisotopic (exact) mass is 260 g/mol. The number of alkyl carbamates (subject to hydrolysis) is 1. The van der Waals surface area contributed by atoms with Gasteiger partial charge in [-0.3, -0.25) is 9.59 Å². The summed E-state index contributed by atoms with van der Waals surface area (Å²) in [5.41, 5.74) is -0.658. The van der Waals surface area contributed by atoms with Gasteiger partial charge in [-0.25, -0.2) is 4.79 Å². The van der Waals surface area contributed by atoms with Gasteiger partial charge in [-0.15, -0.1) is 0 Å². The Balaban J connectivity index is 4.24. The van der Waals surface area contributed by atoms with Crippen molar-refractivity contribution in [2.75, 3.05) is 0 Å². The number of carbonyl (C=O) groups is 3. The van der Waals surface area contributed by atoms with Gasteiger partial charge >= 0.3 is 12.1 Å². The van der Waals surface area contributed by atoms with Gasteiger partial charge in [-0.2, -0.15) is 0 Å². The van der Waals surface area contributed by atoms with Gasteiger partial charge in [-0.1, -0.05) is 0 Å². The van der Waals surface area contributed by atoms with Gasteiger partial charge in [0.15, 0.2) is 0 Å². The van der Waals surface area contributed by atoms with Crippen LogP contribution in [0, 0.1) is 0 Å². The molecule has 0 rings (SSSR count). The van der Waals surface area contributed by atoms with Crippen LogP contribution in [-0.2, 0) is 14.3 Å². The third-order valence-electron chi connectivity index (χ3n) is 1.86. The summed E-state index contributed by atoms with van der Waals surface area (Å²) in [6.45, 7) is 7.87. The first-order chi connectivity index (χ1) is 8.03. The highest BCUT2D eigenvalue weighted by molar-refractivity contribution is 5.88. The van der Waals surface area contributed by atoms with Crippen LogP contribution in [0.2, 0.25) is 0 Å². The zero-order valence-corrected chi connectivity index (χ0v) is 11.2. The zero-order chi connectivity index (χ0) is 14.5. The van der Waals surface area contributed by atoms with Gasteiger partial charge in [0, 0.05) is 0 Å². The van der Waals surface area contributed by atoms with Gasteiger partial charge in [0.2, 0.25) is 5.91 Å². The third-order valence-corrected chi connectivity index (χ3v) is 1.86. The molecule has 7 heteroatoms. The fourth-order valence-electron chi connectivity index (χ4n) is 0.950. The normalized spacial score (nSPS) is 14.3. The Morgan fingerprint density at radius 1 is 1.06 bits per heavy atom. The number of carboxylic acid groups (broad SMARTS) is 1. The molecule has 0 aliphatic heterocycles. The van der Waals surface area contributed by atoms with Crippen LogP contribution in [0.25, 0.3) is 0 Å². The lowest BCUT2D eigenvalue weighted by Crippen LogP contribution is -2.50. The molecule has 0 aromatic heterocycles. The van der Waals surface area contributed by atoms with Gasteiger partial charge in [0.05, 0.1) is 0 Å². The molecule has 0 aromatic rings. The van der Waals surface area contributed by atoms with E-state index in [1.807, 2.05) is 0 Å². The fourth-order valence-corrected chi connectivity index (χ4v) is 0.950. The highest BCUT2D eigenvalue weighted by Crippen LogP contribution is 2.06. The predicted molar refractivity (Wildman–Crippen MR) is 64.1 cm³/mol. The SMILES string of the molecule is C[C@@H](NC(=O)[C@@H](C)NC(=O)OC(C)(C)C)C(=O)O. The summed E-state index contributed by atoms with van der Waals surface area (Å²) in [5, 5.41) is 13.2. The second-order valence-corrected chi connectivity index (χ2v) is 4.94. The molecule has 0 saturated heterocycles. The van der Waals surface area contributed by atoms with E-state index in [4.69, 9.17) is 9.84 Å². The first-order valence-corrected chi connectivity index (χ1v) is 5.55. The number of nitrogens with one attached hydrogen (secondary N) is 2. The van der Waals surface area contributed by atoms with E-state index in [0.29, 0.717) is 0 Å². The Kier molecular flexibility index (Phi) is 5.61. The van der Waals surface area contributed by atoms with Gasteiger partial charge in [0.1, 0.15) is 17.7 Å². The van der Waals surface area contributed by atoms with Crippen molar-refractivity contribution in [3.63, 3.8) is 0 Å². The Morgan fingerprint density at radius 2 is 1.56 bits per heavy atom. The number of carboxylic acids is 1. The molecule has 0 fully saturated rings. The van der Waals surface area contributed by atoms with E-state index in [1.165, 1.54) is 13.8 Å². The predicted octanol–water partition coefficient (Wildman–Crippen LogP) is 0.489. The molecule has 0 saturated carbocycles. The maximum atomic E-state index is 11.5. The summed E-state index contributed by atoms with van der Waals surface area (Å²) < 4.78 is 4.96. The van der Waals surface area contributed by atoms with Crippen molar-refractivity contribution in [3.05, 3.63) is 0 Å². The first-order valence-electron chi connectivity index (χ1n) is 5.55. The Morgan fingerprint density at radius 3 is 1.94 bits per heavy atom. The van der Waals surface area contributed by atoms with E-state index >= 15 is 0 Å². The van der Waals surface area contributed by atoms with Gasteiger partial charge < -0.3 is 20.5 Å². The van der Waals surface area contributed by atoms with E-state index in [2.05, 4.69) is 10.6 Å². The van der Waals surface area contributed by atoms with Crippen molar-refractivity contribution >= 4 is 18.0 Å². The first kappa shape index (κ1) is 16.2. The number of hydrogen-bond donors (Lipinski definition) is 3. The van der Waals surface area contributed by atoms with Crippen molar-refractivity contribution < 1.29 is 24.2 Å². The highest BCUT2D eigenvalue weighted by Gasteiger charge is 2.23. The Hall–Kier alpha value is -1.79. The van der Waals surface area contributed by atoms with Crippen LogP contribution in [0.4, 0.5) is 4.79 Å². The minimum atomic E-state index is -1.15. The highest BCUT2D eigenvalue weighted by atomic mass is 16.6. The summed E-state index contributed by atoms with van der Waals surface area (Å²) in [4.78, 5) is 33.4. The largest absolute Gasteiger partial charge is 0.480 e. The van der Waals surface area contributed by atoms with Crippen molar-refractivity contribution in [1.29, 1.82) is 0 Å². The van der Waals surface area contributed by atoms with Crippen molar-refractivity contribution in [2.45, 2.75) is 52.3 Å². The maximum Gasteiger partial charge on any atom is 0.408 e. The van der Waals surface area contributed by atoms with E-state index in [-0.39, 0.29) is 0 Å². The molecule has 7 nitrogen and oxygen atoms in total. The van der Waals surface area contributed by atoms with Crippen molar-refractivity contribution in [2.24, 2.45) is 0 Å². The molecule has 0 aliphatic rings. The molecule has 0 bridgehead atoms. The molecule has 2 atom stereocenters. The lowest BCUT2D eigenvalue weighted by atomic mass is 10.2. The third kappa shape index (κ3) is 6.72. The maximum absolute atomic E-state index is 11.5. The molecule has 18 heavy (non-hydrogen) atoms. The molecule has 0 unspecified atom stereocenters. The van der Waals surface area contributed by atoms with Crippen LogP contribution in [0.3, 0.4) is 0 Å². The molecule has 0 aromatic carbocycles. The van der Waals surface area contributed by atoms with Crippen LogP contribution in [0.5, 0.6) is 0 Å². The van der Waals surface area contributed by atoms with E-state index < -0.39 is 35.7 Å². The summed E-state index contributed by atoms with van der Waals surface area (Å²) in [6, 6.07) is -1.89. The number of ether oxygens (including phenoxy) is 1. The van der Waals surface area contributed by atoms with Crippen LogP contribution >= 0.6 is 0 Å². The molecule has 0 heterocycles. The van der Waals surface area contributed by atoms with E-state index in [1.54, 1.807) is 20.8 Å². The standard InChI is InChI=1S/C11H20N2O5/c1-6(8(14)12-7(2)9(15)16)13-10(17)18-11(3,4)5/h6-7H,1-5H3,(H,12,14)(H,13,17)(H,15,16)/t6-,7-/m1/s1. The average molecular weight is 260 g/mol. The molecule has 0 aliphatic carbocycles. The molecular formula is C11H20N2O5. The number of aliphatic carboxylic acids is 1. The number of hydrogen-bond acceptors (Lipinski definition) is 4. The summed E-state index contributed by atoms with van der Waals surface area (Å²) in [7, 11) is 0. The molecule has 3 N–H and O–H groups in total. The number of carbonyl (C=O) groups excluding carboxylic acids is 2. The van der Waals surface area contributed by atoms with Gasteiger partial charge in [0.25, 0.3) is 0 Å². The summed E-state index contributed by atoms with van der Waals surface area (Å²) in [6.07, 6.45) is -0.729. The van der Waals surface area contributed by atoms with Crippen LogP contribution in [0.1, 0.15) is 34.6 Å². The lowest BCUT2D eigenvalue weighted by Gasteiger charge is -2.22. The second kappa shape index (κ2) is 6.23. The fraction of sp³-hybridized carbons (Fsp3) is 0.727. The molecule has 0 radical (unpaired) electrons. The quantitative estimate of drug-likeness (QED) is 0.682. The zero-order valence-electron chi connectivity index (χ0n) is 11.2. The summed E-state index contributed by atoms with van der Waals surface area (Å²) in [5.74, 6) is -1.73. The van der Waals surface area contributed by atoms with Crippen molar-refractivity contribution in [1.82, 2.24) is 10.6 Å². The van der Waals surface area contributed by atoms with Crippen LogP contribution < -0.4 is 10.6 Å². The van der Waals surface area contributed by atoms with Crippen LogP contribution in [0.15, 0.2) is 0 Å². The Bertz CT molecular complexity index is 335. The molecule has 2 amide bonds. The van der Waals surface area contributed by atoms with E-state index in [9.17, 15) is 14.4 Å². The number of rotatable bonds is 4. The van der Waals surface area contributed by atoms with Crippen LogP contribution in [-0.4, -0.2) is 40.8 Å². The average Bonchev–Trinajstić information content (AvgIpc) is 2.13. The summed E-state index contributed by atoms with van der Waals surface area (Å²) >= 11 is 0. The minimum absolute atomic E-state index is 0.587. The molecule has 0 spiro atoms. The van der Waals surface area contributed by atoms with Crippen molar-refractivity contribution in [3.8, 4) is 0 Å². The minimum Gasteiger partial charge on any atom is -0.480 e. The van der Waals surface area contributed by atoms with Gasteiger partial charge in [-0.05, 0) is 34.6 Å². The Labute approximate surface area is 106 Å². The topological polar surface area (TPSA) is 105 Å². The number of amides is 2. The molecule has 104 valence electrons. The van der Waals surface area contributed by atoms with E-state index in [0.717, 1.165) is 0 Å².